The summed E-state index contributed by atoms with van der Waals surface area (Å²) in [6.07, 6.45) is 2.20. The molecule has 24 heavy (non-hydrogen) atoms. The number of para-hydroxylation sites is 1. The van der Waals surface area contributed by atoms with E-state index in [1.54, 1.807) is 14.2 Å². The van der Waals surface area contributed by atoms with E-state index in [9.17, 15) is 0 Å². The van der Waals surface area contributed by atoms with Crippen molar-refractivity contribution in [1.29, 1.82) is 0 Å². The van der Waals surface area contributed by atoms with Gasteiger partial charge in [0.05, 0.1) is 14.2 Å². The van der Waals surface area contributed by atoms with Gasteiger partial charge in [-0.3, -0.25) is 9.25 Å². The Morgan fingerprint density at radius 1 is 1.08 bits per heavy atom. The first kappa shape index (κ1) is 14.7. The quantitative estimate of drug-likeness (QED) is 0.737. The Kier molecular flexibility index (Phi) is 3.48. The summed E-state index contributed by atoms with van der Waals surface area (Å²) >= 11 is 0. The fourth-order valence-corrected chi connectivity index (χ4v) is 3.22. The Morgan fingerprint density at radius 3 is 2.50 bits per heavy atom. The molecule has 0 unspecified atom stereocenters. The second-order valence-electron chi connectivity index (χ2n) is 5.76. The van der Waals surface area contributed by atoms with Gasteiger partial charge in [-0.15, -0.1) is 10.2 Å². The zero-order valence-corrected chi connectivity index (χ0v) is 14.0. The first-order valence-electron chi connectivity index (χ1n) is 7.93. The Labute approximate surface area is 139 Å². The number of ether oxygens (including phenoxy) is 2. The second kappa shape index (κ2) is 5.67. The number of fused-ring (bicyclic) bond motifs is 1. The lowest BCUT2D eigenvalue weighted by Crippen LogP contribution is -2.05. The minimum absolute atomic E-state index is 0.692. The van der Waals surface area contributed by atoms with Gasteiger partial charge in [-0.25, -0.2) is 0 Å². The normalized spacial score (nSPS) is 13.1. The Hall–Kier alpha value is -2.83. The highest BCUT2D eigenvalue weighted by atomic mass is 16.5. The molecule has 1 aliphatic rings. The number of methoxy groups -OCH3 is 2. The van der Waals surface area contributed by atoms with E-state index in [1.165, 1.54) is 5.69 Å². The fourth-order valence-electron chi connectivity index (χ4n) is 3.22. The van der Waals surface area contributed by atoms with Crippen LogP contribution in [0.4, 0.5) is 0 Å². The van der Waals surface area contributed by atoms with Gasteiger partial charge >= 0.3 is 0 Å². The molecule has 0 aliphatic carbocycles. The second-order valence-corrected chi connectivity index (χ2v) is 5.76. The number of aryl methyl sites for hydroxylation is 3. The average Bonchev–Trinajstić information content (AvgIpc) is 3.28. The molecular weight excluding hydrogens is 306 g/mol. The SMILES string of the molecule is COc1cccc(OC)c1-n1c(C)nnc1-c1cc2n(n1)CCC2. The van der Waals surface area contributed by atoms with Crippen molar-refractivity contribution in [2.45, 2.75) is 26.3 Å². The van der Waals surface area contributed by atoms with Gasteiger partial charge in [0.1, 0.15) is 28.7 Å². The van der Waals surface area contributed by atoms with Crippen molar-refractivity contribution in [2.75, 3.05) is 14.2 Å². The van der Waals surface area contributed by atoms with E-state index in [-0.39, 0.29) is 0 Å². The van der Waals surface area contributed by atoms with E-state index in [4.69, 9.17) is 9.47 Å². The Bertz CT molecular complexity index is 853. The van der Waals surface area contributed by atoms with E-state index >= 15 is 0 Å². The molecule has 0 amide bonds. The van der Waals surface area contributed by atoms with E-state index in [2.05, 4.69) is 21.4 Å². The molecule has 3 aromatic rings. The predicted molar refractivity (Wildman–Crippen MR) is 88.7 cm³/mol. The molecule has 0 radical (unpaired) electrons. The van der Waals surface area contributed by atoms with E-state index in [0.29, 0.717) is 17.3 Å². The molecule has 1 aromatic carbocycles. The molecule has 7 nitrogen and oxygen atoms in total. The lowest BCUT2D eigenvalue weighted by Gasteiger charge is -2.15. The zero-order chi connectivity index (χ0) is 16.7. The number of rotatable bonds is 4. The molecule has 0 N–H and O–H groups in total. The summed E-state index contributed by atoms with van der Waals surface area (Å²) in [6, 6.07) is 7.78. The predicted octanol–water partition coefficient (Wildman–Crippen LogP) is 2.40. The topological polar surface area (TPSA) is 67.0 Å². The van der Waals surface area contributed by atoms with Crippen LogP contribution in [0, 0.1) is 6.92 Å². The molecule has 3 heterocycles. The minimum atomic E-state index is 0.692. The third-order valence-corrected chi connectivity index (χ3v) is 4.35. The molecule has 0 atom stereocenters. The van der Waals surface area contributed by atoms with Gasteiger partial charge in [-0.05, 0) is 38.0 Å². The standard InChI is InChI=1S/C17H19N5O2/c1-11-18-19-17(13-10-12-6-5-9-21(12)20-13)22(11)16-14(23-2)7-4-8-15(16)24-3/h4,7-8,10H,5-6,9H2,1-3H3. The summed E-state index contributed by atoms with van der Waals surface area (Å²) in [5.41, 5.74) is 2.84. The van der Waals surface area contributed by atoms with Crippen molar-refractivity contribution >= 4 is 0 Å². The van der Waals surface area contributed by atoms with Crippen LogP contribution in [0.25, 0.3) is 17.2 Å². The van der Waals surface area contributed by atoms with Crippen molar-refractivity contribution in [3.05, 3.63) is 35.8 Å². The van der Waals surface area contributed by atoms with E-state index < -0.39 is 0 Å². The molecule has 0 bridgehead atoms. The van der Waals surface area contributed by atoms with Crippen LogP contribution >= 0.6 is 0 Å². The van der Waals surface area contributed by atoms with Crippen LogP contribution in [0.2, 0.25) is 0 Å². The summed E-state index contributed by atoms with van der Waals surface area (Å²) in [5.74, 6) is 2.84. The number of hydrogen-bond acceptors (Lipinski definition) is 5. The average molecular weight is 325 g/mol. The van der Waals surface area contributed by atoms with Gasteiger partial charge in [-0.2, -0.15) is 5.10 Å². The van der Waals surface area contributed by atoms with Crippen LogP contribution in [-0.2, 0) is 13.0 Å². The van der Waals surface area contributed by atoms with Crippen LogP contribution in [0.3, 0.4) is 0 Å². The molecule has 0 fully saturated rings. The largest absolute Gasteiger partial charge is 0.494 e. The number of benzene rings is 1. The van der Waals surface area contributed by atoms with Crippen molar-refractivity contribution in [3.8, 4) is 28.7 Å². The molecule has 2 aromatic heterocycles. The number of hydrogen-bond donors (Lipinski definition) is 0. The van der Waals surface area contributed by atoms with E-state index in [1.807, 2.05) is 34.4 Å². The third kappa shape index (κ3) is 2.16. The molecule has 4 rings (SSSR count). The highest BCUT2D eigenvalue weighted by Crippen LogP contribution is 2.36. The first-order chi connectivity index (χ1) is 11.7. The van der Waals surface area contributed by atoms with Crippen molar-refractivity contribution < 1.29 is 9.47 Å². The molecule has 0 saturated carbocycles. The van der Waals surface area contributed by atoms with Gasteiger partial charge in [0.2, 0.25) is 0 Å². The number of aromatic nitrogens is 5. The zero-order valence-electron chi connectivity index (χ0n) is 14.0. The highest BCUT2D eigenvalue weighted by molar-refractivity contribution is 5.63. The summed E-state index contributed by atoms with van der Waals surface area (Å²) in [6.45, 7) is 2.87. The summed E-state index contributed by atoms with van der Waals surface area (Å²) in [4.78, 5) is 0. The van der Waals surface area contributed by atoms with Crippen LogP contribution < -0.4 is 9.47 Å². The van der Waals surface area contributed by atoms with Crippen LogP contribution in [0.5, 0.6) is 11.5 Å². The van der Waals surface area contributed by atoms with Crippen molar-refractivity contribution in [3.63, 3.8) is 0 Å². The van der Waals surface area contributed by atoms with Crippen molar-refractivity contribution in [2.24, 2.45) is 0 Å². The first-order valence-corrected chi connectivity index (χ1v) is 7.93. The maximum Gasteiger partial charge on any atom is 0.189 e. The molecule has 0 spiro atoms. The molecule has 124 valence electrons. The molecule has 0 saturated heterocycles. The summed E-state index contributed by atoms with van der Waals surface area (Å²) < 4.78 is 15.1. The summed E-state index contributed by atoms with van der Waals surface area (Å²) in [5, 5.41) is 13.3. The summed E-state index contributed by atoms with van der Waals surface area (Å²) in [7, 11) is 3.28. The van der Waals surface area contributed by atoms with Gasteiger partial charge in [-0.1, -0.05) is 6.07 Å². The third-order valence-electron chi connectivity index (χ3n) is 4.35. The van der Waals surface area contributed by atoms with Gasteiger partial charge in [0, 0.05) is 12.2 Å². The van der Waals surface area contributed by atoms with Gasteiger partial charge in [0.25, 0.3) is 0 Å². The monoisotopic (exact) mass is 325 g/mol. The molecular formula is C17H19N5O2. The Morgan fingerprint density at radius 2 is 1.83 bits per heavy atom. The lowest BCUT2D eigenvalue weighted by atomic mass is 10.2. The van der Waals surface area contributed by atoms with Crippen LogP contribution in [-0.4, -0.2) is 38.8 Å². The Balaban J connectivity index is 1.92. The van der Waals surface area contributed by atoms with Gasteiger partial charge in [0.15, 0.2) is 5.82 Å². The van der Waals surface area contributed by atoms with Crippen LogP contribution in [0.1, 0.15) is 17.9 Å². The molecule has 7 heteroatoms. The van der Waals surface area contributed by atoms with Crippen molar-refractivity contribution in [1.82, 2.24) is 24.5 Å². The molecule has 1 aliphatic heterocycles. The smallest absolute Gasteiger partial charge is 0.189 e. The van der Waals surface area contributed by atoms with Gasteiger partial charge < -0.3 is 9.47 Å². The minimum Gasteiger partial charge on any atom is -0.494 e. The van der Waals surface area contributed by atoms with Crippen LogP contribution in [0.15, 0.2) is 24.3 Å². The maximum absolute atomic E-state index is 5.54. The lowest BCUT2D eigenvalue weighted by molar-refractivity contribution is 0.391. The maximum atomic E-state index is 5.54. The highest BCUT2D eigenvalue weighted by Gasteiger charge is 2.23. The fraction of sp³-hybridized carbons (Fsp3) is 0.353. The number of nitrogens with zero attached hydrogens (tertiary/aromatic N) is 5. The van der Waals surface area contributed by atoms with E-state index in [0.717, 1.165) is 36.6 Å².